The number of Topliss-reactive ketones (excluding diaryl/α,β-unsaturated/α-hetero) is 1. The van der Waals surface area contributed by atoms with Crippen molar-refractivity contribution < 1.29 is 22.8 Å². The molecule has 1 unspecified atom stereocenters. The molecule has 0 fully saturated rings. The minimum atomic E-state index is -4.43. The minimum Gasteiger partial charge on any atom is -0.323 e. The molecule has 5 nitrogen and oxygen atoms in total. The van der Waals surface area contributed by atoms with Gasteiger partial charge in [-0.25, -0.2) is 0 Å². The van der Waals surface area contributed by atoms with Gasteiger partial charge in [-0.2, -0.15) is 18.3 Å². The number of hydrogen-bond acceptors (Lipinski definition) is 3. The van der Waals surface area contributed by atoms with Crippen LogP contribution in [0.1, 0.15) is 52.5 Å². The zero-order valence-electron chi connectivity index (χ0n) is 16.7. The minimum absolute atomic E-state index is 0.150. The molecule has 0 saturated carbocycles. The molecule has 3 aromatic rings. The molecule has 1 aromatic heterocycles. The van der Waals surface area contributed by atoms with Gasteiger partial charge in [0, 0.05) is 0 Å². The number of amides is 1. The number of ketones is 1. The van der Waals surface area contributed by atoms with E-state index in [1.807, 2.05) is 37.3 Å². The van der Waals surface area contributed by atoms with Crippen molar-refractivity contribution in [1.82, 2.24) is 9.78 Å². The van der Waals surface area contributed by atoms with E-state index in [-0.39, 0.29) is 29.8 Å². The summed E-state index contributed by atoms with van der Waals surface area (Å²) in [4.78, 5) is 25.7. The zero-order chi connectivity index (χ0) is 22.2. The first-order valence-corrected chi connectivity index (χ1v) is 9.86. The number of nitrogens with zero attached hydrogens (tertiary/aromatic N) is 2. The quantitative estimate of drug-likeness (QED) is 0.636. The fourth-order valence-corrected chi connectivity index (χ4v) is 3.91. The van der Waals surface area contributed by atoms with Gasteiger partial charge >= 0.3 is 6.18 Å². The molecular formula is C23H20F3N3O2. The normalized spacial score (nSPS) is 18.5. The number of aromatic nitrogens is 2. The van der Waals surface area contributed by atoms with Gasteiger partial charge in [-0.05, 0) is 36.6 Å². The van der Waals surface area contributed by atoms with Crippen molar-refractivity contribution >= 4 is 17.4 Å². The summed E-state index contributed by atoms with van der Waals surface area (Å²) in [6.07, 6.45) is -2.42. The molecule has 2 aromatic carbocycles. The van der Waals surface area contributed by atoms with E-state index in [0.29, 0.717) is 17.7 Å². The zero-order valence-corrected chi connectivity index (χ0v) is 16.7. The Kier molecular flexibility index (Phi) is 5.39. The second-order valence-corrected chi connectivity index (χ2v) is 7.68. The third-order valence-corrected chi connectivity index (χ3v) is 5.46. The maximum Gasteiger partial charge on any atom is 0.416 e. The van der Waals surface area contributed by atoms with E-state index in [9.17, 15) is 22.8 Å². The third-order valence-electron chi connectivity index (χ3n) is 5.46. The highest BCUT2D eigenvalue weighted by atomic mass is 19.4. The second-order valence-electron chi connectivity index (χ2n) is 7.68. The van der Waals surface area contributed by atoms with Gasteiger partial charge in [0.05, 0.1) is 35.8 Å². The molecule has 4 rings (SSSR count). The molecule has 0 radical (unpaired) electrons. The van der Waals surface area contributed by atoms with Gasteiger partial charge in [0.2, 0.25) is 5.91 Å². The summed E-state index contributed by atoms with van der Waals surface area (Å²) in [5, 5.41) is 7.01. The fourth-order valence-electron chi connectivity index (χ4n) is 3.91. The molecule has 1 amide bonds. The number of carbonyl (C=O) groups excluding carboxylic acids is 2. The standard InChI is InChI=1S/C23H20F3N3O2/c1-14-11-18(16-7-9-17(10-8-16)23(24,25)26)22(31)21-19(13-27-29(14)21)28-20(30)12-15-5-3-2-4-6-15/h2-10,13-14,18H,11-12H2,1H3,(H,28,30)/t14-,18?/m0/s1. The summed E-state index contributed by atoms with van der Waals surface area (Å²) in [5.41, 5.74) is 1.17. The van der Waals surface area contributed by atoms with Crippen molar-refractivity contribution in [3.8, 4) is 0 Å². The van der Waals surface area contributed by atoms with Gasteiger partial charge in [0.1, 0.15) is 5.69 Å². The lowest BCUT2D eigenvalue weighted by Crippen LogP contribution is -2.29. The average molecular weight is 427 g/mol. The SMILES string of the molecule is C[C@H]1CC(c2ccc(C(F)(F)F)cc2)C(=O)c2c(NC(=O)Cc3ccccc3)cnn21. The summed E-state index contributed by atoms with van der Waals surface area (Å²) in [5.74, 6) is -1.16. The molecule has 0 aliphatic carbocycles. The van der Waals surface area contributed by atoms with Crippen LogP contribution in [0, 0.1) is 0 Å². The van der Waals surface area contributed by atoms with Crippen LogP contribution in [0.25, 0.3) is 0 Å². The van der Waals surface area contributed by atoms with Gasteiger partial charge in [0.25, 0.3) is 0 Å². The third kappa shape index (κ3) is 4.23. The van der Waals surface area contributed by atoms with Crippen molar-refractivity contribution in [1.29, 1.82) is 0 Å². The average Bonchev–Trinajstić information content (AvgIpc) is 3.15. The molecule has 0 bridgehead atoms. The van der Waals surface area contributed by atoms with Crippen molar-refractivity contribution in [3.05, 3.63) is 83.2 Å². The topological polar surface area (TPSA) is 64.0 Å². The summed E-state index contributed by atoms with van der Waals surface area (Å²) in [7, 11) is 0. The van der Waals surface area contributed by atoms with E-state index in [4.69, 9.17) is 0 Å². The van der Waals surface area contributed by atoms with Crippen LogP contribution in [-0.2, 0) is 17.4 Å². The van der Waals surface area contributed by atoms with Gasteiger partial charge in [-0.15, -0.1) is 0 Å². The van der Waals surface area contributed by atoms with E-state index in [1.54, 1.807) is 4.68 Å². The Morgan fingerprint density at radius 3 is 2.45 bits per heavy atom. The van der Waals surface area contributed by atoms with Gasteiger partial charge in [-0.1, -0.05) is 42.5 Å². The monoisotopic (exact) mass is 427 g/mol. The van der Waals surface area contributed by atoms with Crippen LogP contribution < -0.4 is 5.32 Å². The molecule has 1 aliphatic rings. The van der Waals surface area contributed by atoms with E-state index < -0.39 is 17.7 Å². The van der Waals surface area contributed by atoms with E-state index >= 15 is 0 Å². The highest BCUT2D eigenvalue weighted by Crippen LogP contribution is 2.39. The molecule has 1 aliphatic heterocycles. The van der Waals surface area contributed by atoms with E-state index in [1.165, 1.54) is 18.3 Å². The Labute approximate surface area is 176 Å². The molecule has 1 N–H and O–H groups in total. The molecule has 2 heterocycles. The highest BCUT2D eigenvalue weighted by Gasteiger charge is 2.37. The number of alkyl halides is 3. The fraction of sp³-hybridized carbons (Fsp3) is 0.261. The van der Waals surface area contributed by atoms with Crippen molar-refractivity contribution in [2.45, 2.75) is 37.9 Å². The molecular weight excluding hydrogens is 407 g/mol. The number of carbonyl (C=O) groups is 2. The van der Waals surface area contributed by atoms with Crippen molar-refractivity contribution in [2.75, 3.05) is 5.32 Å². The van der Waals surface area contributed by atoms with Crippen LogP contribution >= 0.6 is 0 Å². The Morgan fingerprint density at radius 1 is 1.13 bits per heavy atom. The molecule has 31 heavy (non-hydrogen) atoms. The number of rotatable bonds is 4. The summed E-state index contributed by atoms with van der Waals surface area (Å²) in [6, 6.07) is 13.7. The van der Waals surface area contributed by atoms with Gasteiger partial charge in [0.15, 0.2) is 5.78 Å². The lowest BCUT2D eigenvalue weighted by Gasteiger charge is -2.28. The highest BCUT2D eigenvalue weighted by molar-refractivity contribution is 6.07. The van der Waals surface area contributed by atoms with Crippen LogP contribution in [0.3, 0.4) is 0 Å². The Morgan fingerprint density at radius 2 is 1.81 bits per heavy atom. The van der Waals surface area contributed by atoms with Gasteiger partial charge < -0.3 is 5.32 Å². The number of nitrogens with one attached hydrogen (secondary N) is 1. The molecule has 0 spiro atoms. The predicted octanol–water partition coefficient (Wildman–Crippen LogP) is 5.01. The summed E-state index contributed by atoms with van der Waals surface area (Å²) in [6.45, 7) is 1.88. The first-order chi connectivity index (χ1) is 14.7. The Balaban J connectivity index is 1.57. The smallest absolute Gasteiger partial charge is 0.323 e. The number of halogens is 3. The summed E-state index contributed by atoms with van der Waals surface area (Å²) < 4.78 is 40.2. The first kappa shape index (κ1) is 20.8. The van der Waals surface area contributed by atoms with E-state index in [0.717, 1.165) is 17.7 Å². The molecule has 0 saturated heterocycles. The van der Waals surface area contributed by atoms with Crippen LogP contribution in [0.4, 0.5) is 18.9 Å². The largest absolute Gasteiger partial charge is 0.416 e. The van der Waals surface area contributed by atoms with Crippen LogP contribution in [-0.4, -0.2) is 21.5 Å². The van der Waals surface area contributed by atoms with Crippen LogP contribution in [0.2, 0.25) is 0 Å². The van der Waals surface area contributed by atoms with E-state index in [2.05, 4.69) is 10.4 Å². The number of benzene rings is 2. The van der Waals surface area contributed by atoms with Crippen LogP contribution in [0.15, 0.2) is 60.8 Å². The maximum absolute atomic E-state index is 13.2. The number of anilines is 1. The Hall–Kier alpha value is -3.42. The number of hydrogen-bond donors (Lipinski definition) is 1. The molecule has 8 heteroatoms. The Bertz CT molecular complexity index is 1110. The lowest BCUT2D eigenvalue weighted by molar-refractivity contribution is -0.137. The van der Waals surface area contributed by atoms with Crippen molar-refractivity contribution in [2.24, 2.45) is 0 Å². The maximum atomic E-state index is 13.2. The second kappa shape index (κ2) is 8.02. The van der Waals surface area contributed by atoms with Crippen molar-refractivity contribution in [3.63, 3.8) is 0 Å². The molecule has 2 atom stereocenters. The van der Waals surface area contributed by atoms with Crippen LogP contribution in [0.5, 0.6) is 0 Å². The molecule has 160 valence electrons. The first-order valence-electron chi connectivity index (χ1n) is 9.86. The lowest BCUT2D eigenvalue weighted by atomic mass is 9.84. The summed E-state index contributed by atoms with van der Waals surface area (Å²) >= 11 is 0. The number of fused-ring (bicyclic) bond motifs is 1. The predicted molar refractivity (Wildman–Crippen MR) is 109 cm³/mol. The van der Waals surface area contributed by atoms with Gasteiger partial charge in [-0.3, -0.25) is 14.3 Å².